The van der Waals surface area contributed by atoms with Gasteiger partial charge in [-0.2, -0.15) is 0 Å². The van der Waals surface area contributed by atoms with E-state index in [2.05, 4.69) is 55.0 Å². The molecule has 0 atom stereocenters. The van der Waals surface area contributed by atoms with E-state index >= 15 is 0 Å². The average molecular weight is 344 g/mol. The first-order valence-electron chi connectivity index (χ1n) is 6.57. The zero-order chi connectivity index (χ0) is 14.5. The van der Waals surface area contributed by atoms with Crippen LogP contribution in [0.1, 0.15) is 19.4 Å². The fourth-order valence-corrected chi connectivity index (χ4v) is 2.51. The van der Waals surface area contributed by atoms with Gasteiger partial charge in [0, 0.05) is 6.61 Å². The standard InChI is InChI=1S/C15H24BrO2Si/c1-15(2,19(4)5)11-18-9-8-12-6-7-14(17-3)13(16)10-12/h6-7,10H,8-9,11H2,1-5H3. The Bertz CT molecular complexity index is 405. The van der Waals surface area contributed by atoms with Gasteiger partial charge in [0.05, 0.1) is 27.0 Å². The van der Waals surface area contributed by atoms with Gasteiger partial charge in [0.2, 0.25) is 0 Å². The van der Waals surface area contributed by atoms with Crippen molar-refractivity contribution >= 4 is 24.7 Å². The Morgan fingerprint density at radius 2 is 1.95 bits per heavy atom. The molecule has 0 aliphatic carbocycles. The molecule has 0 fully saturated rings. The molecule has 0 aliphatic heterocycles. The van der Waals surface area contributed by atoms with Gasteiger partial charge in [0.1, 0.15) is 5.75 Å². The van der Waals surface area contributed by atoms with Crippen molar-refractivity contribution in [3.63, 3.8) is 0 Å². The van der Waals surface area contributed by atoms with Crippen molar-refractivity contribution in [1.82, 2.24) is 0 Å². The van der Waals surface area contributed by atoms with Crippen LogP contribution in [0.4, 0.5) is 0 Å². The summed E-state index contributed by atoms with van der Waals surface area (Å²) in [4.78, 5) is 0. The van der Waals surface area contributed by atoms with E-state index in [-0.39, 0.29) is 8.80 Å². The predicted molar refractivity (Wildman–Crippen MR) is 86.7 cm³/mol. The van der Waals surface area contributed by atoms with Crippen LogP contribution in [0.25, 0.3) is 0 Å². The minimum atomic E-state index is -0.320. The third kappa shape index (κ3) is 5.28. The summed E-state index contributed by atoms with van der Waals surface area (Å²) in [6.07, 6.45) is 0.939. The number of hydrogen-bond acceptors (Lipinski definition) is 2. The first-order chi connectivity index (χ1) is 8.86. The molecule has 0 bridgehead atoms. The molecule has 0 heterocycles. The van der Waals surface area contributed by atoms with Gasteiger partial charge in [0.15, 0.2) is 0 Å². The van der Waals surface area contributed by atoms with E-state index in [0.29, 0.717) is 5.04 Å². The van der Waals surface area contributed by atoms with Crippen LogP contribution in [0.5, 0.6) is 5.75 Å². The number of rotatable bonds is 7. The van der Waals surface area contributed by atoms with Crippen molar-refractivity contribution in [2.24, 2.45) is 0 Å². The summed E-state index contributed by atoms with van der Waals surface area (Å²) >= 11 is 3.51. The van der Waals surface area contributed by atoms with Crippen LogP contribution in [-0.2, 0) is 11.2 Å². The lowest BCUT2D eigenvalue weighted by molar-refractivity contribution is 0.116. The van der Waals surface area contributed by atoms with Gasteiger partial charge < -0.3 is 9.47 Å². The SMILES string of the molecule is COc1ccc(CCOCC(C)(C)[Si](C)C)cc1Br. The van der Waals surface area contributed by atoms with Gasteiger partial charge in [-0.3, -0.25) is 0 Å². The lowest BCUT2D eigenvalue weighted by atomic mass is 10.1. The molecule has 0 spiro atoms. The first kappa shape index (κ1) is 16.7. The maximum Gasteiger partial charge on any atom is 0.133 e. The molecule has 0 amide bonds. The van der Waals surface area contributed by atoms with Crippen LogP contribution in [0, 0.1) is 0 Å². The molecule has 0 saturated carbocycles. The highest BCUT2D eigenvalue weighted by molar-refractivity contribution is 9.10. The van der Waals surface area contributed by atoms with E-state index in [1.54, 1.807) is 7.11 Å². The van der Waals surface area contributed by atoms with Crippen LogP contribution >= 0.6 is 15.9 Å². The number of hydrogen-bond donors (Lipinski definition) is 0. The molecule has 107 valence electrons. The van der Waals surface area contributed by atoms with Crippen molar-refractivity contribution < 1.29 is 9.47 Å². The molecule has 1 aromatic rings. The molecule has 19 heavy (non-hydrogen) atoms. The zero-order valence-electron chi connectivity index (χ0n) is 12.5. The number of halogens is 1. The van der Waals surface area contributed by atoms with E-state index in [4.69, 9.17) is 9.47 Å². The van der Waals surface area contributed by atoms with Gasteiger partial charge in [-0.1, -0.05) is 33.0 Å². The normalized spacial score (nSPS) is 11.9. The summed E-state index contributed by atoms with van der Waals surface area (Å²) in [5.74, 6) is 0.870. The van der Waals surface area contributed by atoms with Gasteiger partial charge in [-0.15, -0.1) is 0 Å². The molecule has 0 aliphatic rings. The Hall–Kier alpha value is -0.323. The molecule has 1 radical (unpaired) electrons. The third-order valence-electron chi connectivity index (χ3n) is 3.57. The second-order valence-corrected chi connectivity index (χ2v) is 9.86. The van der Waals surface area contributed by atoms with Crippen LogP contribution in [0.15, 0.2) is 22.7 Å². The van der Waals surface area contributed by atoms with Crippen molar-refractivity contribution in [2.45, 2.75) is 38.4 Å². The number of benzene rings is 1. The van der Waals surface area contributed by atoms with Crippen molar-refractivity contribution in [2.75, 3.05) is 20.3 Å². The van der Waals surface area contributed by atoms with Crippen molar-refractivity contribution in [3.8, 4) is 5.75 Å². The number of methoxy groups -OCH3 is 1. The van der Waals surface area contributed by atoms with Crippen LogP contribution in [0.3, 0.4) is 0 Å². The lowest BCUT2D eigenvalue weighted by Gasteiger charge is -2.27. The van der Waals surface area contributed by atoms with E-state index in [1.807, 2.05) is 6.07 Å². The van der Waals surface area contributed by atoms with E-state index in [9.17, 15) is 0 Å². The minimum absolute atomic E-state index is 0.320. The average Bonchev–Trinajstić information content (AvgIpc) is 2.34. The number of ether oxygens (including phenoxy) is 2. The maximum absolute atomic E-state index is 5.84. The summed E-state index contributed by atoms with van der Waals surface area (Å²) in [7, 11) is 1.36. The smallest absolute Gasteiger partial charge is 0.133 e. The fourth-order valence-electron chi connectivity index (χ4n) is 1.53. The van der Waals surface area contributed by atoms with Crippen LogP contribution < -0.4 is 4.74 Å². The van der Waals surface area contributed by atoms with E-state index < -0.39 is 0 Å². The Balaban J connectivity index is 2.40. The van der Waals surface area contributed by atoms with Crippen molar-refractivity contribution in [1.29, 1.82) is 0 Å². The van der Waals surface area contributed by atoms with Gasteiger partial charge in [-0.25, -0.2) is 0 Å². The molecule has 1 aromatic carbocycles. The molecule has 0 aromatic heterocycles. The zero-order valence-corrected chi connectivity index (χ0v) is 15.1. The summed E-state index contributed by atoms with van der Waals surface area (Å²) < 4.78 is 12.1. The molecule has 2 nitrogen and oxygen atoms in total. The molecular formula is C15H24BrO2Si. The monoisotopic (exact) mass is 343 g/mol. The first-order valence-corrected chi connectivity index (χ1v) is 9.87. The van der Waals surface area contributed by atoms with Crippen molar-refractivity contribution in [3.05, 3.63) is 28.2 Å². The van der Waals surface area contributed by atoms with Crippen LogP contribution in [-0.4, -0.2) is 29.1 Å². The Morgan fingerprint density at radius 3 is 2.47 bits per heavy atom. The highest BCUT2D eigenvalue weighted by Gasteiger charge is 2.23. The molecular weight excluding hydrogens is 320 g/mol. The topological polar surface area (TPSA) is 18.5 Å². The Labute approximate surface area is 127 Å². The summed E-state index contributed by atoms with van der Waals surface area (Å²) in [5, 5.41) is 0.338. The fraction of sp³-hybridized carbons (Fsp3) is 0.600. The summed E-state index contributed by atoms with van der Waals surface area (Å²) in [6.45, 7) is 10.9. The minimum Gasteiger partial charge on any atom is -0.496 e. The Morgan fingerprint density at radius 1 is 1.26 bits per heavy atom. The predicted octanol–water partition coefficient (Wildman–Crippen LogP) is 4.55. The van der Waals surface area contributed by atoms with Gasteiger partial charge in [0.25, 0.3) is 0 Å². The second kappa shape index (κ2) is 7.46. The van der Waals surface area contributed by atoms with Gasteiger partial charge in [-0.05, 0) is 45.1 Å². The summed E-state index contributed by atoms with van der Waals surface area (Å²) in [6, 6.07) is 6.18. The van der Waals surface area contributed by atoms with Crippen LogP contribution in [0.2, 0.25) is 18.1 Å². The third-order valence-corrected chi connectivity index (χ3v) is 7.04. The quantitative estimate of drug-likeness (QED) is 0.534. The van der Waals surface area contributed by atoms with Gasteiger partial charge >= 0.3 is 0 Å². The molecule has 4 heteroatoms. The lowest BCUT2D eigenvalue weighted by Crippen LogP contribution is -2.26. The largest absolute Gasteiger partial charge is 0.496 e. The Kier molecular flexibility index (Phi) is 6.57. The maximum atomic E-state index is 5.84. The molecule has 0 saturated heterocycles. The highest BCUT2D eigenvalue weighted by Crippen LogP contribution is 2.28. The molecule has 1 rings (SSSR count). The highest BCUT2D eigenvalue weighted by atomic mass is 79.9. The second-order valence-electron chi connectivity index (χ2n) is 5.66. The molecule has 0 N–H and O–H groups in total. The summed E-state index contributed by atoms with van der Waals surface area (Å²) in [5.41, 5.74) is 1.27. The van der Waals surface area contributed by atoms with E-state index in [1.165, 1.54) is 5.56 Å². The molecule has 0 unspecified atom stereocenters. The van der Waals surface area contributed by atoms with E-state index in [0.717, 1.165) is 29.9 Å².